The van der Waals surface area contributed by atoms with Crippen LogP contribution >= 0.6 is 0 Å². The molecule has 116 valence electrons. The van der Waals surface area contributed by atoms with Crippen LogP contribution < -0.4 is 0 Å². The molecule has 0 aliphatic heterocycles. The van der Waals surface area contributed by atoms with Crippen LogP contribution in [0.4, 0.5) is 4.39 Å². The molecule has 0 aromatic heterocycles. The van der Waals surface area contributed by atoms with Crippen molar-refractivity contribution in [1.82, 2.24) is 4.90 Å². The van der Waals surface area contributed by atoms with Crippen molar-refractivity contribution < 1.29 is 14.3 Å². The van der Waals surface area contributed by atoms with Gasteiger partial charge in [-0.25, -0.2) is 4.39 Å². The van der Waals surface area contributed by atoms with E-state index in [9.17, 15) is 14.3 Å². The molecule has 1 unspecified atom stereocenters. The van der Waals surface area contributed by atoms with Gasteiger partial charge in [0.05, 0.1) is 6.10 Å². The van der Waals surface area contributed by atoms with Crippen molar-refractivity contribution in [2.24, 2.45) is 0 Å². The molecule has 0 heterocycles. The smallest absolute Gasteiger partial charge is 0.210 e. The lowest BCUT2D eigenvalue weighted by Gasteiger charge is -2.19. The number of aliphatic hydroxyl groups excluding tert-OH is 1. The molecule has 22 heavy (non-hydrogen) atoms. The van der Waals surface area contributed by atoms with Crippen LogP contribution in [-0.4, -0.2) is 16.4 Å². The summed E-state index contributed by atoms with van der Waals surface area (Å²) in [6.07, 6.45) is 0.263. The number of benzene rings is 2. The number of amides is 1. The Morgan fingerprint density at radius 2 is 1.86 bits per heavy atom. The summed E-state index contributed by atoms with van der Waals surface area (Å²) in [7, 11) is 0. The van der Waals surface area contributed by atoms with Crippen molar-refractivity contribution in [3.8, 4) is 0 Å². The van der Waals surface area contributed by atoms with Crippen LogP contribution in [0.25, 0.3) is 0 Å². The van der Waals surface area contributed by atoms with E-state index in [4.69, 9.17) is 0 Å². The average molecular weight is 301 g/mol. The number of hydrogen-bond acceptors (Lipinski definition) is 2. The maximum absolute atomic E-state index is 13.3. The van der Waals surface area contributed by atoms with Crippen molar-refractivity contribution in [1.29, 1.82) is 0 Å². The molecular formula is C18H20FNO2. The predicted molar refractivity (Wildman–Crippen MR) is 83.5 cm³/mol. The first-order valence-corrected chi connectivity index (χ1v) is 7.21. The van der Waals surface area contributed by atoms with Gasteiger partial charge >= 0.3 is 0 Å². The minimum atomic E-state index is -0.508. The van der Waals surface area contributed by atoms with Crippen molar-refractivity contribution in [3.63, 3.8) is 0 Å². The summed E-state index contributed by atoms with van der Waals surface area (Å²) >= 11 is 0. The fourth-order valence-electron chi connectivity index (χ4n) is 2.30. The monoisotopic (exact) mass is 301 g/mol. The minimum Gasteiger partial charge on any atom is -0.389 e. The lowest BCUT2D eigenvalue weighted by atomic mass is 10.1. The quantitative estimate of drug-likeness (QED) is 0.831. The number of carbonyl (C=O) groups excluding carboxylic acids is 1. The fraction of sp³-hybridized carbons (Fsp3) is 0.278. The Labute approximate surface area is 130 Å². The first-order valence-electron chi connectivity index (χ1n) is 7.21. The average Bonchev–Trinajstić information content (AvgIpc) is 2.50. The summed E-state index contributed by atoms with van der Waals surface area (Å²) in [5.74, 6) is -0.298. The van der Waals surface area contributed by atoms with Gasteiger partial charge in [0.25, 0.3) is 0 Å². The van der Waals surface area contributed by atoms with Gasteiger partial charge in [-0.05, 0) is 48.2 Å². The molecular weight excluding hydrogens is 281 g/mol. The van der Waals surface area contributed by atoms with E-state index in [1.807, 2.05) is 31.2 Å². The highest BCUT2D eigenvalue weighted by Gasteiger charge is 2.08. The summed E-state index contributed by atoms with van der Waals surface area (Å²) < 4.78 is 13.3. The summed E-state index contributed by atoms with van der Waals surface area (Å²) in [5, 5.41) is 9.49. The van der Waals surface area contributed by atoms with Crippen LogP contribution in [0.1, 0.15) is 35.3 Å². The van der Waals surface area contributed by atoms with E-state index in [2.05, 4.69) is 0 Å². The maximum atomic E-state index is 13.3. The molecule has 2 aromatic carbocycles. The number of carbonyl (C=O) groups is 1. The van der Waals surface area contributed by atoms with Crippen LogP contribution in [-0.2, 0) is 17.9 Å². The van der Waals surface area contributed by atoms with Crippen LogP contribution in [0.15, 0.2) is 42.5 Å². The zero-order valence-electron chi connectivity index (χ0n) is 12.8. The molecule has 2 rings (SSSR count). The molecule has 0 aliphatic rings. The Morgan fingerprint density at radius 3 is 2.45 bits per heavy atom. The molecule has 0 aliphatic carbocycles. The first-order chi connectivity index (χ1) is 10.5. The molecule has 0 saturated heterocycles. The van der Waals surface area contributed by atoms with E-state index in [0.29, 0.717) is 13.1 Å². The lowest BCUT2D eigenvalue weighted by molar-refractivity contribution is -0.119. The van der Waals surface area contributed by atoms with Crippen LogP contribution in [0, 0.1) is 12.7 Å². The fourth-order valence-corrected chi connectivity index (χ4v) is 2.30. The van der Waals surface area contributed by atoms with Crippen LogP contribution in [0.5, 0.6) is 0 Å². The van der Waals surface area contributed by atoms with E-state index >= 15 is 0 Å². The van der Waals surface area contributed by atoms with Gasteiger partial charge in [0.15, 0.2) is 0 Å². The molecule has 3 nitrogen and oxygen atoms in total. The Bertz CT molecular complexity index is 638. The third-order valence-electron chi connectivity index (χ3n) is 3.68. The maximum Gasteiger partial charge on any atom is 0.210 e. The zero-order valence-corrected chi connectivity index (χ0v) is 12.8. The molecule has 4 heteroatoms. The number of rotatable bonds is 6. The molecule has 0 radical (unpaired) electrons. The zero-order chi connectivity index (χ0) is 16.1. The van der Waals surface area contributed by atoms with Crippen LogP contribution in [0.3, 0.4) is 0 Å². The number of nitrogens with zero attached hydrogens (tertiary/aromatic N) is 1. The Hall–Kier alpha value is -2.20. The minimum absolute atomic E-state index is 0.298. The topological polar surface area (TPSA) is 40.5 Å². The Morgan fingerprint density at radius 1 is 1.18 bits per heavy atom. The second-order valence-electron chi connectivity index (χ2n) is 5.50. The molecule has 1 N–H and O–H groups in total. The van der Waals surface area contributed by atoms with Crippen molar-refractivity contribution in [3.05, 3.63) is 70.5 Å². The molecule has 1 amide bonds. The number of aryl methyl sites for hydroxylation is 1. The largest absolute Gasteiger partial charge is 0.389 e. The van der Waals surface area contributed by atoms with E-state index in [0.717, 1.165) is 28.7 Å². The summed E-state index contributed by atoms with van der Waals surface area (Å²) in [6, 6.07) is 12.0. The van der Waals surface area contributed by atoms with Crippen molar-refractivity contribution >= 4 is 6.41 Å². The van der Waals surface area contributed by atoms with E-state index in [1.165, 1.54) is 12.1 Å². The third kappa shape index (κ3) is 4.15. The summed E-state index contributed by atoms with van der Waals surface area (Å²) in [5.41, 5.74) is 3.55. The lowest BCUT2D eigenvalue weighted by Crippen LogP contribution is -2.21. The highest BCUT2D eigenvalue weighted by atomic mass is 19.1. The number of aliphatic hydroxyl groups is 1. The van der Waals surface area contributed by atoms with Gasteiger partial charge in [-0.1, -0.05) is 30.3 Å². The number of halogens is 1. The predicted octanol–water partition coefficient (Wildman–Crippen LogP) is 3.35. The molecule has 0 saturated carbocycles. The van der Waals surface area contributed by atoms with Gasteiger partial charge in [-0.3, -0.25) is 4.79 Å². The van der Waals surface area contributed by atoms with Crippen LogP contribution in [0.2, 0.25) is 0 Å². The Balaban J connectivity index is 2.08. The van der Waals surface area contributed by atoms with Gasteiger partial charge < -0.3 is 10.0 Å². The molecule has 0 fully saturated rings. The van der Waals surface area contributed by atoms with Gasteiger partial charge in [0.2, 0.25) is 6.41 Å². The highest BCUT2D eigenvalue weighted by Crippen LogP contribution is 2.16. The summed E-state index contributed by atoms with van der Waals surface area (Å²) in [4.78, 5) is 12.9. The summed E-state index contributed by atoms with van der Waals surface area (Å²) in [6.45, 7) is 4.42. The van der Waals surface area contributed by atoms with Crippen molar-refractivity contribution in [2.75, 3.05) is 0 Å². The Kier molecular flexibility index (Phi) is 5.28. The normalized spacial score (nSPS) is 12.0. The second-order valence-corrected chi connectivity index (χ2v) is 5.50. The second kappa shape index (κ2) is 7.18. The number of hydrogen-bond donors (Lipinski definition) is 1. The standard InChI is InChI=1S/C18H20FNO2/c1-13-3-8-18(19)9-17(13)11-20(12-21)10-15-4-6-16(7-5-15)14(2)22/h3-9,12,14,22H,10-11H2,1-2H3. The first kappa shape index (κ1) is 16.2. The SMILES string of the molecule is Cc1ccc(F)cc1CN(C=O)Cc1ccc(C(C)O)cc1. The van der Waals surface area contributed by atoms with Gasteiger partial charge in [0, 0.05) is 13.1 Å². The van der Waals surface area contributed by atoms with Crippen molar-refractivity contribution in [2.45, 2.75) is 33.0 Å². The molecule has 2 aromatic rings. The highest BCUT2D eigenvalue weighted by molar-refractivity contribution is 5.48. The third-order valence-corrected chi connectivity index (χ3v) is 3.68. The van der Waals surface area contributed by atoms with Gasteiger partial charge in [-0.2, -0.15) is 0 Å². The van der Waals surface area contributed by atoms with Gasteiger partial charge in [-0.15, -0.1) is 0 Å². The van der Waals surface area contributed by atoms with E-state index in [-0.39, 0.29) is 5.82 Å². The molecule has 0 spiro atoms. The van der Waals surface area contributed by atoms with Gasteiger partial charge in [0.1, 0.15) is 5.82 Å². The molecule has 1 atom stereocenters. The van der Waals surface area contributed by atoms with E-state index in [1.54, 1.807) is 17.9 Å². The molecule has 0 bridgehead atoms. The van der Waals surface area contributed by atoms with E-state index < -0.39 is 6.10 Å².